The molecule has 0 heterocycles. The van der Waals surface area contributed by atoms with Gasteiger partial charge in [0.25, 0.3) is 0 Å². The second kappa shape index (κ2) is 5.23. The standard InChI is InChI=1S/C10H9ClN2O2/c1-15-10-7(6-12)3-2-4-8(10)13-9(14)5-11/h2-4H,5H2,1H3,(H,13,14). The monoisotopic (exact) mass is 224 g/mol. The minimum absolute atomic E-state index is 0.139. The van der Waals surface area contributed by atoms with Crippen LogP contribution >= 0.6 is 11.6 Å². The molecule has 4 nitrogen and oxygen atoms in total. The highest BCUT2D eigenvalue weighted by Gasteiger charge is 2.10. The van der Waals surface area contributed by atoms with E-state index in [1.54, 1.807) is 18.2 Å². The number of hydrogen-bond acceptors (Lipinski definition) is 3. The van der Waals surface area contributed by atoms with Crippen molar-refractivity contribution in [3.8, 4) is 11.8 Å². The molecule has 0 aromatic heterocycles. The van der Waals surface area contributed by atoms with Crippen LogP contribution in [0.3, 0.4) is 0 Å². The maximum atomic E-state index is 11.1. The summed E-state index contributed by atoms with van der Waals surface area (Å²) in [7, 11) is 1.44. The van der Waals surface area contributed by atoms with Gasteiger partial charge in [-0.3, -0.25) is 4.79 Å². The van der Waals surface area contributed by atoms with E-state index in [2.05, 4.69) is 5.32 Å². The number of anilines is 1. The minimum atomic E-state index is -0.343. The number of halogens is 1. The van der Waals surface area contributed by atoms with Crippen LogP contribution in [0.25, 0.3) is 0 Å². The minimum Gasteiger partial charge on any atom is -0.493 e. The van der Waals surface area contributed by atoms with Crippen LogP contribution < -0.4 is 10.1 Å². The van der Waals surface area contributed by atoms with Gasteiger partial charge >= 0.3 is 0 Å². The lowest BCUT2D eigenvalue weighted by molar-refractivity contribution is -0.113. The quantitative estimate of drug-likeness (QED) is 0.796. The summed E-state index contributed by atoms with van der Waals surface area (Å²) in [5.74, 6) is -0.136. The number of nitrogens with one attached hydrogen (secondary N) is 1. The summed E-state index contributed by atoms with van der Waals surface area (Å²) < 4.78 is 5.03. The molecule has 15 heavy (non-hydrogen) atoms. The van der Waals surface area contributed by atoms with Crippen LogP contribution in [0.15, 0.2) is 18.2 Å². The second-order valence-electron chi connectivity index (χ2n) is 2.68. The Hall–Kier alpha value is -1.73. The molecule has 1 N–H and O–H groups in total. The number of benzene rings is 1. The Morgan fingerprint density at radius 1 is 1.67 bits per heavy atom. The second-order valence-corrected chi connectivity index (χ2v) is 2.95. The van der Waals surface area contributed by atoms with Gasteiger partial charge in [0.05, 0.1) is 18.4 Å². The lowest BCUT2D eigenvalue weighted by Crippen LogP contribution is -2.13. The normalized spacial score (nSPS) is 9.13. The molecule has 0 spiro atoms. The Morgan fingerprint density at radius 2 is 2.40 bits per heavy atom. The van der Waals surface area contributed by atoms with Gasteiger partial charge in [-0.05, 0) is 12.1 Å². The fourth-order valence-electron chi connectivity index (χ4n) is 1.13. The Morgan fingerprint density at radius 3 is 2.93 bits per heavy atom. The van der Waals surface area contributed by atoms with Crippen LogP contribution in [0.2, 0.25) is 0 Å². The molecule has 0 aliphatic carbocycles. The number of carbonyl (C=O) groups excluding carboxylic acids is 1. The number of hydrogen-bond donors (Lipinski definition) is 1. The molecule has 78 valence electrons. The van der Waals surface area contributed by atoms with Gasteiger partial charge in [0.15, 0.2) is 5.75 Å². The zero-order chi connectivity index (χ0) is 11.3. The van der Waals surface area contributed by atoms with Crippen molar-refractivity contribution in [3.63, 3.8) is 0 Å². The fraction of sp³-hybridized carbons (Fsp3) is 0.200. The lowest BCUT2D eigenvalue weighted by Gasteiger charge is -2.09. The number of carbonyl (C=O) groups is 1. The van der Waals surface area contributed by atoms with Crippen molar-refractivity contribution in [2.24, 2.45) is 0 Å². The molecule has 0 atom stereocenters. The van der Waals surface area contributed by atoms with Crippen molar-refractivity contribution in [1.29, 1.82) is 5.26 Å². The molecule has 1 aromatic carbocycles. The molecule has 1 amide bonds. The molecule has 0 saturated heterocycles. The van der Waals surface area contributed by atoms with E-state index in [0.29, 0.717) is 17.0 Å². The third-order valence-electron chi connectivity index (χ3n) is 1.74. The Kier molecular flexibility index (Phi) is 3.95. The number of methoxy groups -OCH3 is 1. The third-order valence-corrected chi connectivity index (χ3v) is 1.98. The van der Waals surface area contributed by atoms with Gasteiger partial charge in [-0.25, -0.2) is 0 Å². The molecule has 1 aromatic rings. The van der Waals surface area contributed by atoms with E-state index in [-0.39, 0.29) is 11.8 Å². The molecule has 0 saturated carbocycles. The van der Waals surface area contributed by atoms with Crippen LogP contribution in [0, 0.1) is 11.3 Å². The zero-order valence-corrected chi connectivity index (χ0v) is 8.84. The van der Waals surface area contributed by atoms with Crippen LogP contribution in [0.4, 0.5) is 5.69 Å². The van der Waals surface area contributed by atoms with Crippen molar-refractivity contribution in [2.45, 2.75) is 0 Å². The largest absolute Gasteiger partial charge is 0.493 e. The molecule has 0 radical (unpaired) electrons. The summed E-state index contributed by atoms with van der Waals surface area (Å²) in [6, 6.07) is 6.88. The van der Waals surface area contributed by atoms with Gasteiger partial charge in [-0.15, -0.1) is 11.6 Å². The van der Waals surface area contributed by atoms with E-state index in [0.717, 1.165) is 0 Å². The van der Waals surface area contributed by atoms with E-state index in [4.69, 9.17) is 21.6 Å². The first-order chi connectivity index (χ1) is 7.22. The number of ether oxygens (including phenoxy) is 1. The van der Waals surface area contributed by atoms with Crippen LogP contribution in [0.5, 0.6) is 5.75 Å². The number of nitriles is 1. The van der Waals surface area contributed by atoms with E-state index in [9.17, 15) is 4.79 Å². The SMILES string of the molecule is COc1c(C#N)cccc1NC(=O)CCl. The van der Waals surface area contributed by atoms with Gasteiger partial charge in [-0.1, -0.05) is 6.07 Å². The molecule has 0 fully saturated rings. The summed E-state index contributed by atoms with van der Waals surface area (Å²) in [4.78, 5) is 11.1. The molecule has 0 unspecified atom stereocenters. The van der Waals surface area contributed by atoms with Crippen LogP contribution in [0.1, 0.15) is 5.56 Å². The molecule has 0 aliphatic rings. The topological polar surface area (TPSA) is 62.1 Å². The van der Waals surface area contributed by atoms with Crippen molar-refractivity contribution in [2.75, 3.05) is 18.3 Å². The van der Waals surface area contributed by atoms with Gasteiger partial charge in [0.2, 0.25) is 5.91 Å². The molecule has 0 bridgehead atoms. The number of amides is 1. The first kappa shape index (κ1) is 11.3. The van der Waals surface area contributed by atoms with E-state index in [1.807, 2.05) is 6.07 Å². The lowest BCUT2D eigenvalue weighted by atomic mass is 10.2. The van der Waals surface area contributed by atoms with E-state index < -0.39 is 0 Å². The van der Waals surface area contributed by atoms with E-state index in [1.165, 1.54) is 7.11 Å². The summed E-state index contributed by atoms with van der Waals surface area (Å²) in [5.41, 5.74) is 0.812. The number of nitrogens with zero attached hydrogens (tertiary/aromatic N) is 1. The number of alkyl halides is 1. The average Bonchev–Trinajstić information content (AvgIpc) is 2.28. The third kappa shape index (κ3) is 2.61. The predicted octanol–water partition coefficient (Wildman–Crippen LogP) is 1.74. The fourth-order valence-corrected chi connectivity index (χ4v) is 1.19. The Balaban J connectivity index is 3.07. The highest BCUT2D eigenvalue weighted by Crippen LogP contribution is 2.27. The van der Waals surface area contributed by atoms with Gasteiger partial charge < -0.3 is 10.1 Å². The van der Waals surface area contributed by atoms with Gasteiger partial charge in [0.1, 0.15) is 11.9 Å². The van der Waals surface area contributed by atoms with Crippen molar-refractivity contribution in [3.05, 3.63) is 23.8 Å². The van der Waals surface area contributed by atoms with Crippen molar-refractivity contribution < 1.29 is 9.53 Å². The highest BCUT2D eigenvalue weighted by atomic mass is 35.5. The predicted molar refractivity (Wildman–Crippen MR) is 57.1 cm³/mol. The summed E-state index contributed by atoms with van der Waals surface area (Å²) in [6.45, 7) is 0. The van der Waals surface area contributed by atoms with Gasteiger partial charge in [-0.2, -0.15) is 5.26 Å². The number of rotatable bonds is 3. The Labute approximate surface area is 92.4 Å². The average molecular weight is 225 g/mol. The molecule has 1 rings (SSSR count). The zero-order valence-electron chi connectivity index (χ0n) is 8.08. The Bertz CT molecular complexity index is 412. The molecule has 5 heteroatoms. The summed E-state index contributed by atoms with van der Waals surface area (Å²) in [5, 5.41) is 11.3. The molecular formula is C10H9ClN2O2. The first-order valence-corrected chi connectivity index (χ1v) is 4.69. The van der Waals surface area contributed by atoms with Crippen molar-refractivity contribution in [1.82, 2.24) is 0 Å². The van der Waals surface area contributed by atoms with Crippen LogP contribution in [-0.4, -0.2) is 18.9 Å². The van der Waals surface area contributed by atoms with Crippen LogP contribution in [-0.2, 0) is 4.79 Å². The molecule has 0 aliphatic heterocycles. The summed E-state index contributed by atoms with van der Waals surface area (Å²) in [6.07, 6.45) is 0. The van der Waals surface area contributed by atoms with Crippen molar-refractivity contribution >= 4 is 23.2 Å². The maximum absolute atomic E-state index is 11.1. The smallest absolute Gasteiger partial charge is 0.239 e. The molecular weight excluding hydrogens is 216 g/mol. The first-order valence-electron chi connectivity index (χ1n) is 4.15. The highest BCUT2D eigenvalue weighted by molar-refractivity contribution is 6.29. The maximum Gasteiger partial charge on any atom is 0.239 e. The van der Waals surface area contributed by atoms with Gasteiger partial charge in [0, 0.05) is 0 Å². The number of para-hydroxylation sites is 1. The van der Waals surface area contributed by atoms with E-state index >= 15 is 0 Å². The summed E-state index contributed by atoms with van der Waals surface area (Å²) >= 11 is 5.35.